The quantitative estimate of drug-likeness (QED) is 0.773. The molecule has 24 heavy (non-hydrogen) atoms. The maximum absolute atomic E-state index is 13.6. The SMILES string of the molecule is CC(=O)Nc1cc(NC(=O)c2cnc3ccnn3c2C)ccc1F. The molecule has 0 fully saturated rings. The third kappa shape index (κ3) is 2.94. The molecular formula is C16H14FN5O2. The molecule has 2 aromatic heterocycles. The van der Waals surface area contributed by atoms with Gasteiger partial charge in [-0.2, -0.15) is 5.10 Å². The first-order valence-electron chi connectivity index (χ1n) is 7.13. The minimum absolute atomic E-state index is 0.00215. The Morgan fingerprint density at radius 1 is 1.21 bits per heavy atom. The highest BCUT2D eigenvalue weighted by molar-refractivity contribution is 6.05. The van der Waals surface area contributed by atoms with Gasteiger partial charge in [-0.1, -0.05) is 0 Å². The number of hydrogen-bond donors (Lipinski definition) is 2. The highest BCUT2D eigenvalue weighted by atomic mass is 19.1. The van der Waals surface area contributed by atoms with Gasteiger partial charge < -0.3 is 10.6 Å². The Morgan fingerprint density at radius 3 is 2.75 bits per heavy atom. The summed E-state index contributed by atoms with van der Waals surface area (Å²) in [6.07, 6.45) is 3.05. The number of hydrogen-bond acceptors (Lipinski definition) is 4. The van der Waals surface area contributed by atoms with E-state index in [2.05, 4.69) is 20.7 Å². The molecule has 7 nitrogen and oxygen atoms in total. The van der Waals surface area contributed by atoms with Crippen molar-refractivity contribution < 1.29 is 14.0 Å². The van der Waals surface area contributed by atoms with Crippen LogP contribution < -0.4 is 10.6 Å². The number of amides is 2. The maximum Gasteiger partial charge on any atom is 0.259 e. The lowest BCUT2D eigenvalue weighted by molar-refractivity contribution is -0.114. The van der Waals surface area contributed by atoms with Crippen molar-refractivity contribution in [2.45, 2.75) is 13.8 Å². The second-order valence-corrected chi connectivity index (χ2v) is 5.19. The molecule has 0 aliphatic rings. The normalized spacial score (nSPS) is 10.6. The third-order valence-corrected chi connectivity index (χ3v) is 3.44. The molecule has 0 atom stereocenters. The minimum atomic E-state index is -0.584. The standard InChI is InChI=1S/C16H14FN5O2/c1-9-12(8-18-15-5-6-19-22(9)15)16(24)21-11-3-4-13(17)14(7-11)20-10(2)23/h3-8H,1-2H3,(H,20,23)(H,21,24). The lowest BCUT2D eigenvalue weighted by atomic mass is 10.2. The molecule has 1 aromatic carbocycles. The van der Waals surface area contributed by atoms with Gasteiger partial charge in [0.25, 0.3) is 5.91 Å². The number of rotatable bonds is 3. The largest absolute Gasteiger partial charge is 0.324 e. The number of aromatic nitrogens is 3. The Kier molecular flexibility index (Phi) is 3.95. The molecule has 0 aliphatic heterocycles. The molecule has 0 saturated heterocycles. The van der Waals surface area contributed by atoms with E-state index in [0.29, 0.717) is 22.6 Å². The zero-order valence-corrected chi connectivity index (χ0v) is 13.0. The van der Waals surface area contributed by atoms with Crippen molar-refractivity contribution in [1.29, 1.82) is 0 Å². The summed E-state index contributed by atoms with van der Waals surface area (Å²) < 4.78 is 15.2. The van der Waals surface area contributed by atoms with E-state index in [4.69, 9.17) is 0 Å². The molecule has 0 radical (unpaired) electrons. The first-order chi connectivity index (χ1) is 11.5. The summed E-state index contributed by atoms with van der Waals surface area (Å²) in [6, 6.07) is 5.66. The predicted octanol–water partition coefficient (Wildman–Crippen LogP) is 2.39. The number of nitrogens with one attached hydrogen (secondary N) is 2. The van der Waals surface area contributed by atoms with Crippen molar-refractivity contribution in [2.75, 3.05) is 10.6 Å². The summed E-state index contributed by atoms with van der Waals surface area (Å²) in [5, 5.41) is 9.13. The zero-order valence-electron chi connectivity index (χ0n) is 13.0. The summed E-state index contributed by atoms with van der Waals surface area (Å²) in [5.41, 5.74) is 1.96. The monoisotopic (exact) mass is 327 g/mol. The van der Waals surface area contributed by atoms with Gasteiger partial charge in [-0.3, -0.25) is 9.59 Å². The Bertz CT molecular complexity index is 951. The van der Waals surface area contributed by atoms with Crippen LogP contribution >= 0.6 is 0 Å². The highest BCUT2D eigenvalue weighted by Gasteiger charge is 2.14. The van der Waals surface area contributed by atoms with E-state index in [-0.39, 0.29) is 5.69 Å². The fourth-order valence-electron chi connectivity index (χ4n) is 2.30. The van der Waals surface area contributed by atoms with Crippen LogP contribution in [0.2, 0.25) is 0 Å². The van der Waals surface area contributed by atoms with Crippen LogP contribution in [-0.2, 0) is 4.79 Å². The Hall–Kier alpha value is -3.29. The van der Waals surface area contributed by atoms with Crippen molar-refractivity contribution in [1.82, 2.24) is 14.6 Å². The van der Waals surface area contributed by atoms with Gasteiger partial charge in [0.1, 0.15) is 5.82 Å². The van der Waals surface area contributed by atoms with Crippen LogP contribution in [0.3, 0.4) is 0 Å². The Labute approximate surface area is 136 Å². The topological polar surface area (TPSA) is 88.4 Å². The second-order valence-electron chi connectivity index (χ2n) is 5.19. The molecule has 0 bridgehead atoms. The predicted molar refractivity (Wildman–Crippen MR) is 86.4 cm³/mol. The van der Waals surface area contributed by atoms with Gasteiger partial charge in [0.2, 0.25) is 5.91 Å². The molecule has 0 unspecified atom stereocenters. The molecule has 0 aliphatic carbocycles. The van der Waals surface area contributed by atoms with Crippen molar-refractivity contribution in [3.05, 3.63) is 53.7 Å². The number of anilines is 2. The van der Waals surface area contributed by atoms with Gasteiger partial charge >= 0.3 is 0 Å². The van der Waals surface area contributed by atoms with E-state index in [0.717, 1.165) is 0 Å². The average Bonchev–Trinajstić information content (AvgIpc) is 3.00. The third-order valence-electron chi connectivity index (χ3n) is 3.44. The first kappa shape index (κ1) is 15.6. The second kappa shape index (κ2) is 6.07. The van der Waals surface area contributed by atoms with E-state index >= 15 is 0 Å². The lowest BCUT2D eigenvalue weighted by Crippen LogP contribution is -2.16. The van der Waals surface area contributed by atoms with E-state index in [1.54, 1.807) is 23.7 Å². The number of fused-ring (bicyclic) bond motifs is 1. The minimum Gasteiger partial charge on any atom is -0.324 e. The van der Waals surface area contributed by atoms with Gasteiger partial charge in [-0.15, -0.1) is 0 Å². The number of aryl methyl sites for hydroxylation is 1. The number of carbonyl (C=O) groups excluding carboxylic acids is 2. The van der Waals surface area contributed by atoms with Gasteiger partial charge in [0.05, 0.1) is 23.1 Å². The van der Waals surface area contributed by atoms with E-state index < -0.39 is 17.6 Å². The van der Waals surface area contributed by atoms with Gasteiger partial charge in [0.15, 0.2) is 5.65 Å². The summed E-state index contributed by atoms with van der Waals surface area (Å²) in [4.78, 5) is 27.7. The molecule has 2 N–H and O–H groups in total. The molecule has 3 rings (SSSR count). The van der Waals surface area contributed by atoms with Crippen molar-refractivity contribution in [3.63, 3.8) is 0 Å². The fraction of sp³-hybridized carbons (Fsp3) is 0.125. The molecule has 8 heteroatoms. The molecule has 2 heterocycles. The van der Waals surface area contributed by atoms with Gasteiger partial charge in [-0.05, 0) is 25.1 Å². The molecule has 122 valence electrons. The Morgan fingerprint density at radius 2 is 2.00 bits per heavy atom. The summed E-state index contributed by atoms with van der Waals surface area (Å²) in [5.74, 6) is -1.39. The van der Waals surface area contributed by atoms with Crippen LogP contribution in [0.5, 0.6) is 0 Å². The number of halogens is 1. The van der Waals surface area contributed by atoms with Crippen LogP contribution in [0.25, 0.3) is 5.65 Å². The molecule has 0 saturated carbocycles. The number of benzene rings is 1. The smallest absolute Gasteiger partial charge is 0.259 e. The maximum atomic E-state index is 13.6. The van der Waals surface area contributed by atoms with E-state index in [1.165, 1.54) is 31.3 Å². The summed E-state index contributed by atoms with van der Waals surface area (Å²) in [7, 11) is 0. The van der Waals surface area contributed by atoms with Gasteiger partial charge in [0, 0.05) is 24.9 Å². The van der Waals surface area contributed by atoms with Crippen LogP contribution in [0.1, 0.15) is 23.0 Å². The van der Waals surface area contributed by atoms with Crippen molar-refractivity contribution >= 4 is 28.8 Å². The van der Waals surface area contributed by atoms with E-state index in [1.807, 2.05) is 0 Å². The highest BCUT2D eigenvalue weighted by Crippen LogP contribution is 2.20. The molecular weight excluding hydrogens is 313 g/mol. The van der Waals surface area contributed by atoms with Crippen LogP contribution in [0, 0.1) is 12.7 Å². The fourth-order valence-corrected chi connectivity index (χ4v) is 2.30. The van der Waals surface area contributed by atoms with Crippen molar-refractivity contribution in [3.8, 4) is 0 Å². The van der Waals surface area contributed by atoms with Crippen molar-refractivity contribution in [2.24, 2.45) is 0 Å². The van der Waals surface area contributed by atoms with Gasteiger partial charge in [-0.25, -0.2) is 13.9 Å². The van der Waals surface area contributed by atoms with E-state index in [9.17, 15) is 14.0 Å². The molecule has 0 spiro atoms. The van der Waals surface area contributed by atoms with Crippen LogP contribution in [0.15, 0.2) is 36.7 Å². The average molecular weight is 327 g/mol. The summed E-state index contributed by atoms with van der Waals surface area (Å²) in [6.45, 7) is 3.03. The lowest BCUT2D eigenvalue weighted by Gasteiger charge is -2.10. The molecule has 2 amide bonds. The van der Waals surface area contributed by atoms with Crippen LogP contribution in [-0.4, -0.2) is 26.4 Å². The number of carbonyl (C=O) groups is 2. The zero-order chi connectivity index (χ0) is 17.3. The Balaban J connectivity index is 1.88. The molecule has 3 aromatic rings. The number of nitrogens with zero attached hydrogens (tertiary/aromatic N) is 3. The first-order valence-corrected chi connectivity index (χ1v) is 7.13. The summed E-state index contributed by atoms with van der Waals surface area (Å²) >= 11 is 0. The van der Waals surface area contributed by atoms with Crippen LogP contribution in [0.4, 0.5) is 15.8 Å².